The molecule has 2 rings (SSSR count). The molecule has 1 aromatic rings. The van der Waals surface area contributed by atoms with E-state index in [2.05, 4.69) is 11.0 Å². The van der Waals surface area contributed by atoms with E-state index in [-0.39, 0.29) is 5.97 Å². The van der Waals surface area contributed by atoms with Crippen molar-refractivity contribution in [1.82, 2.24) is 0 Å². The molecule has 0 bridgehead atoms. The molecule has 4 heteroatoms. The van der Waals surface area contributed by atoms with E-state index >= 15 is 0 Å². The summed E-state index contributed by atoms with van der Waals surface area (Å²) in [6.45, 7) is 1.95. The quantitative estimate of drug-likeness (QED) is 0.764. The van der Waals surface area contributed by atoms with Crippen molar-refractivity contribution in [3.05, 3.63) is 29.3 Å². The van der Waals surface area contributed by atoms with Crippen LogP contribution in [-0.2, 0) is 11.2 Å². The van der Waals surface area contributed by atoms with E-state index in [4.69, 9.17) is 10.00 Å². The third-order valence-corrected chi connectivity index (χ3v) is 3.20. The third-order valence-electron chi connectivity index (χ3n) is 3.20. The molecule has 94 valence electrons. The third kappa shape index (κ3) is 2.45. The van der Waals surface area contributed by atoms with Crippen LogP contribution in [0.4, 0.5) is 5.69 Å². The first-order chi connectivity index (χ1) is 8.76. The zero-order valence-corrected chi connectivity index (χ0v) is 10.5. The molecule has 0 amide bonds. The summed E-state index contributed by atoms with van der Waals surface area (Å²) in [4.78, 5) is 14.0. The van der Waals surface area contributed by atoms with Gasteiger partial charge in [-0.15, -0.1) is 0 Å². The average molecular weight is 244 g/mol. The van der Waals surface area contributed by atoms with Crippen LogP contribution in [0.3, 0.4) is 0 Å². The Hall–Kier alpha value is -2.02. The summed E-state index contributed by atoms with van der Waals surface area (Å²) in [6, 6.07) is 7.68. The van der Waals surface area contributed by atoms with Gasteiger partial charge in [-0.05, 0) is 30.5 Å². The molecule has 1 fully saturated rings. The predicted molar refractivity (Wildman–Crippen MR) is 68.5 cm³/mol. The van der Waals surface area contributed by atoms with Gasteiger partial charge >= 0.3 is 5.97 Å². The van der Waals surface area contributed by atoms with Crippen molar-refractivity contribution in [2.75, 3.05) is 25.1 Å². The van der Waals surface area contributed by atoms with Gasteiger partial charge in [0.05, 0.1) is 30.9 Å². The monoisotopic (exact) mass is 244 g/mol. The molecule has 0 aliphatic carbocycles. The molecule has 0 aromatic heterocycles. The van der Waals surface area contributed by atoms with E-state index in [0.717, 1.165) is 37.2 Å². The lowest BCUT2D eigenvalue weighted by molar-refractivity contribution is 0.0601. The highest BCUT2D eigenvalue weighted by atomic mass is 16.5. The average Bonchev–Trinajstić information content (AvgIpc) is 2.92. The van der Waals surface area contributed by atoms with Crippen LogP contribution in [0.1, 0.15) is 28.8 Å². The van der Waals surface area contributed by atoms with E-state index in [1.54, 1.807) is 6.07 Å². The molecule has 1 aliphatic heterocycles. The number of ether oxygens (including phenoxy) is 1. The van der Waals surface area contributed by atoms with Crippen LogP contribution in [0.15, 0.2) is 18.2 Å². The molecule has 0 unspecified atom stereocenters. The fraction of sp³-hybridized carbons (Fsp3) is 0.429. The number of methoxy groups -OCH3 is 1. The SMILES string of the molecule is COC(=O)c1cc(CC#N)ccc1N1CCCC1. The lowest BCUT2D eigenvalue weighted by Gasteiger charge is -2.20. The first-order valence-electron chi connectivity index (χ1n) is 6.09. The zero-order valence-electron chi connectivity index (χ0n) is 10.5. The number of nitrogens with zero attached hydrogens (tertiary/aromatic N) is 2. The van der Waals surface area contributed by atoms with Gasteiger partial charge in [-0.3, -0.25) is 0 Å². The summed E-state index contributed by atoms with van der Waals surface area (Å²) in [5.41, 5.74) is 2.33. The molecule has 0 radical (unpaired) electrons. The van der Waals surface area contributed by atoms with Crippen molar-refractivity contribution in [2.45, 2.75) is 19.3 Å². The van der Waals surface area contributed by atoms with Gasteiger partial charge in [0.25, 0.3) is 0 Å². The van der Waals surface area contributed by atoms with E-state index < -0.39 is 0 Å². The number of rotatable bonds is 3. The Morgan fingerprint density at radius 1 is 1.44 bits per heavy atom. The van der Waals surface area contributed by atoms with Crippen molar-refractivity contribution in [1.29, 1.82) is 5.26 Å². The standard InChI is InChI=1S/C14H16N2O2/c1-18-14(17)12-10-11(6-7-15)4-5-13(12)16-8-2-3-9-16/h4-5,10H,2-3,6,8-9H2,1H3. The summed E-state index contributed by atoms with van der Waals surface area (Å²) >= 11 is 0. The highest BCUT2D eigenvalue weighted by molar-refractivity contribution is 5.96. The summed E-state index contributed by atoms with van der Waals surface area (Å²) < 4.78 is 4.82. The van der Waals surface area contributed by atoms with Crippen LogP contribution in [0, 0.1) is 11.3 Å². The zero-order chi connectivity index (χ0) is 13.0. The van der Waals surface area contributed by atoms with Crippen molar-refractivity contribution in [3.8, 4) is 6.07 Å². The van der Waals surface area contributed by atoms with Crippen LogP contribution in [-0.4, -0.2) is 26.2 Å². The molecule has 0 atom stereocenters. The molecule has 0 spiro atoms. The van der Waals surface area contributed by atoms with Gasteiger partial charge in [-0.2, -0.15) is 5.26 Å². The largest absolute Gasteiger partial charge is 0.465 e. The molecule has 1 saturated heterocycles. The van der Waals surface area contributed by atoms with E-state index in [1.807, 2.05) is 12.1 Å². The number of carbonyl (C=O) groups is 1. The molecular weight excluding hydrogens is 228 g/mol. The molecule has 1 heterocycles. The smallest absolute Gasteiger partial charge is 0.339 e. The molecule has 0 N–H and O–H groups in total. The fourth-order valence-electron chi connectivity index (χ4n) is 2.29. The number of esters is 1. The maximum Gasteiger partial charge on any atom is 0.339 e. The summed E-state index contributed by atoms with van der Waals surface area (Å²) in [6.07, 6.45) is 2.62. The van der Waals surface area contributed by atoms with Crippen molar-refractivity contribution in [3.63, 3.8) is 0 Å². The highest BCUT2D eigenvalue weighted by Crippen LogP contribution is 2.26. The van der Waals surface area contributed by atoms with Crippen LogP contribution >= 0.6 is 0 Å². The summed E-state index contributed by atoms with van der Waals surface area (Å²) in [5.74, 6) is -0.336. The molecule has 0 saturated carbocycles. The van der Waals surface area contributed by atoms with Gasteiger partial charge in [0.1, 0.15) is 0 Å². The minimum atomic E-state index is -0.336. The topological polar surface area (TPSA) is 53.3 Å². The van der Waals surface area contributed by atoms with Crippen molar-refractivity contribution >= 4 is 11.7 Å². The maximum absolute atomic E-state index is 11.8. The van der Waals surface area contributed by atoms with Gasteiger partial charge in [0.15, 0.2) is 0 Å². The van der Waals surface area contributed by atoms with Gasteiger partial charge in [-0.1, -0.05) is 6.07 Å². The van der Waals surface area contributed by atoms with E-state index in [0.29, 0.717) is 12.0 Å². The van der Waals surface area contributed by atoms with Gasteiger partial charge in [0, 0.05) is 13.1 Å². The minimum absolute atomic E-state index is 0.310. The maximum atomic E-state index is 11.8. The Morgan fingerprint density at radius 2 is 2.17 bits per heavy atom. The van der Waals surface area contributed by atoms with Crippen LogP contribution in [0.5, 0.6) is 0 Å². The van der Waals surface area contributed by atoms with E-state index in [1.165, 1.54) is 7.11 Å². The lowest BCUT2D eigenvalue weighted by atomic mass is 10.1. The fourth-order valence-corrected chi connectivity index (χ4v) is 2.29. The van der Waals surface area contributed by atoms with Gasteiger partial charge in [0.2, 0.25) is 0 Å². The van der Waals surface area contributed by atoms with Crippen molar-refractivity contribution in [2.24, 2.45) is 0 Å². The number of carbonyl (C=O) groups excluding carboxylic acids is 1. The second-order valence-corrected chi connectivity index (χ2v) is 4.37. The number of benzene rings is 1. The first kappa shape index (κ1) is 12.4. The van der Waals surface area contributed by atoms with Crippen molar-refractivity contribution < 1.29 is 9.53 Å². The number of hydrogen-bond donors (Lipinski definition) is 0. The predicted octanol–water partition coefficient (Wildman–Crippen LogP) is 2.14. The van der Waals surface area contributed by atoms with Crippen LogP contribution in [0.25, 0.3) is 0 Å². The minimum Gasteiger partial charge on any atom is -0.465 e. The molecule has 1 aliphatic rings. The molecule has 1 aromatic carbocycles. The summed E-state index contributed by atoms with van der Waals surface area (Å²) in [5, 5.41) is 8.71. The number of anilines is 1. The van der Waals surface area contributed by atoms with Gasteiger partial charge < -0.3 is 9.64 Å². The normalized spacial score (nSPS) is 14.3. The molecule has 4 nitrogen and oxygen atoms in total. The second-order valence-electron chi connectivity index (χ2n) is 4.37. The summed E-state index contributed by atoms with van der Waals surface area (Å²) in [7, 11) is 1.38. The molecular formula is C14H16N2O2. The Balaban J connectivity index is 2.38. The van der Waals surface area contributed by atoms with Crippen LogP contribution in [0.2, 0.25) is 0 Å². The second kappa shape index (κ2) is 5.54. The number of hydrogen-bond acceptors (Lipinski definition) is 4. The Kier molecular flexibility index (Phi) is 3.83. The first-order valence-corrected chi connectivity index (χ1v) is 6.09. The van der Waals surface area contributed by atoms with E-state index in [9.17, 15) is 4.79 Å². The number of nitriles is 1. The highest BCUT2D eigenvalue weighted by Gasteiger charge is 2.20. The van der Waals surface area contributed by atoms with Crippen LogP contribution < -0.4 is 4.90 Å². The lowest BCUT2D eigenvalue weighted by Crippen LogP contribution is -2.21. The molecule has 18 heavy (non-hydrogen) atoms. The Morgan fingerprint density at radius 3 is 2.78 bits per heavy atom. The van der Waals surface area contributed by atoms with Gasteiger partial charge in [-0.25, -0.2) is 4.79 Å². The Labute approximate surface area is 107 Å². The Bertz CT molecular complexity index is 485.